The number of nitrogens with one attached hydrogen (secondary N) is 1. The fraction of sp³-hybridized carbons (Fsp3) is 0.263. The van der Waals surface area contributed by atoms with Gasteiger partial charge in [0.05, 0.1) is 12.2 Å². The van der Waals surface area contributed by atoms with Gasteiger partial charge in [-0.15, -0.1) is 0 Å². The zero-order valence-corrected chi connectivity index (χ0v) is 15.2. The van der Waals surface area contributed by atoms with Crippen LogP contribution >= 0.6 is 11.6 Å². The van der Waals surface area contributed by atoms with Gasteiger partial charge in [-0.05, 0) is 36.6 Å². The van der Waals surface area contributed by atoms with Gasteiger partial charge in [-0.1, -0.05) is 17.7 Å². The zero-order valence-electron chi connectivity index (χ0n) is 14.4. The average molecular weight is 374 g/mol. The molecule has 0 bridgehead atoms. The molecule has 26 heavy (non-hydrogen) atoms. The van der Waals surface area contributed by atoms with Crippen LogP contribution in [-0.4, -0.2) is 22.7 Å². The van der Waals surface area contributed by atoms with Crippen LogP contribution in [0.5, 0.6) is 0 Å². The number of hydrogen-bond donors (Lipinski definition) is 1. The molecule has 0 fully saturated rings. The summed E-state index contributed by atoms with van der Waals surface area (Å²) >= 11 is 6.13. The highest BCUT2D eigenvalue weighted by atomic mass is 35.5. The van der Waals surface area contributed by atoms with E-state index in [2.05, 4.69) is 10.4 Å². The van der Waals surface area contributed by atoms with Crippen LogP contribution in [0.2, 0.25) is 5.02 Å². The summed E-state index contributed by atoms with van der Waals surface area (Å²) in [5.41, 5.74) is 4.42. The predicted octanol–water partition coefficient (Wildman–Crippen LogP) is 3.75. The number of rotatable bonds is 3. The van der Waals surface area contributed by atoms with E-state index in [0.29, 0.717) is 17.3 Å². The molecule has 0 aliphatic heterocycles. The van der Waals surface area contributed by atoms with Gasteiger partial charge in [-0.3, -0.25) is 9.48 Å². The molecule has 7 heteroatoms. The Morgan fingerprint density at radius 3 is 2.96 bits per heavy atom. The summed E-state index contributed by atoms with van der Waals surface area (Å²) in [6, 6.07) is 4.35. The molecule has 0 saturated heterocycles. The smallest absolute Gasteiger partial charge is 0.287 e. The first-order valence-corrected chi connectivity index (χ1v) is 8.70. The number of aryl methyl sites for hydroxylation is 2. The third kappa shape index (κ3) is 2.70. The topological polar surface area (TPSA) is 60.1 Å². The van der Waals surface area contributed by atoms with Gasteiger partial charge in [0, 0.05) is 35.8 Å². The number of carbonyl (C=O) groups is 1. The SMILES string of the molecule is CNC(=O)c1oc2c(c1C)-c1nn(Cc3ccc(F)cc3Cl)cc1CC2. The molecular formula is C19H17ClFN3O2. The van der Waals surface area contributed by atoms with Crippen molar-refractivity contribution in [3.63, 3.8) is 0 Å². The molecule has 0 spiro atoms. The molecule has 4 rings (SSSR count). The van der Waals surface area contributed by atoms with Gasteiger partial charge in [-0.25, -0.2) is 4.39 Å². The number of hydrogen-bond acceptors (Lipinski definition) is 3. The molecule has 1 aromatic carbocycles. The summed E-state index contributed by atoms with van der Waals surface area (Å²) < 4.78 is 20.8. The number of carbonyl (C=O) groups excluding carboxylic acids is 1. The van der Waals surface area contributed by atoms with E-state index in [0.717, 1.165) is 46.5 Å². The number of fused-ring (bicyclic) bond motifs is 3. The van der Waals surface area contributed by atoms with Crippen molar-refractivity contribution >= 4 is 17.5 Å². The van der Waals surface area contributed by atoms with Crippen LogP contribution in [0.4, 0.5) is 4.39 Å². The largest absolute Gasteiger partial charge is 0.455 e. The molecule has 1 N–H and O–H groups in total. The first kappa shape index (κ1) is 16.8. The van der Waals surface area contributed by atoms with Crippen molar-refractivity contribution in [3.8, 4) is 11.3 Å². The van der Waals surface area contributed by atoms with Gasteiger partial charge in [0.1, 0.15) is 11.6 Å². The third-order valence-corrected chi connectivity index (χ3v) is 5.05. The van der Waals surface area contributed by atoms with Crippen LogP contribution in [0.15, 0.2) is 28.8 Å². The second kappa shape index (κ2) is 6.29. The van der Waals surface area contributed by atoms with Crippen molar-refractivity contribution in [2.45, 2.75) is 26.3 Å². The highest BCUT2D eigenvalue weighted by molar-refractivity contribution is 6.31. The Labute approximate surface area is 154 Å². The maximum atomic E-state index is 13.2. The van der Waals surface area contributed by atoms with Gasteiger partial charge < -0.3 is 9.73 Å². The fourth-order valence-corrected chi connectivity index (χ4v) is 3.63. The minimum absolute atomic E-state index is 0.240. The summed E-state index contributed by atoms with van der Waals surface area (Å²) in [6.45, 7) is 2.32. The van der Waals surface area contributed by atoms with Crippen LogP contribution < -0.4 is 5.32 Å². The van der Waals surface area contributed by atoms with E-state index in [-0.39, 0.29) is 11.7 Å². The number of furan rings is 1. The van der Waals surface area contributed by atoms with Gasteiger partial charge >= 0.3 is 0 Å². The highest BCUT2D eigenvalue weighted by Crippen LogP contribution is 2.38. The minimum Gasteiger partial charge on any atom is -0.455 e. The summed E-state index contributed by atoms with van der Waals surface area (Å²) in [5.74, 6) is 0.523. The van der Waals surface area contributed by atoms with Gasteiger partial charge in [0.25, 0.3) is 5.91 Å². The van der Waals surface area contributed by atoms with Crippen molar-refractivity contribution in [3.05, 3.63) is 63.4 Å². The minimum atomic E-state index is -0.362. The van der Waals surface area contributed by atoms with Crippen LogP contribution in [-0.2, 0) is 19.4 Å². The quantitative estimate of drug-likeness (QED) is 0.760. The second-order valence-corrected chi connectivity index (χ2v) is 6.78. The average Bonchev–Trinajstić information content (AvgIpc) is 3.17. The molecule has 2 aromatic heterocycles. The van der Waals surface area contributed by atoms with Crippen LogP contribution in [0.3, 0.4) is 0 Å². The lowest BCUT2D eigenvalue weighted by Crippen LogP contribution is -2.17. The van der Waals surface area contributed by atoms with E-state index in [9.17, 15) is 9.18 Å². The molecule has 3 aromatic rings. The summed E-state index contributed by atoms with van der Waals surface area (Å²) in [4.78, 5) is 12.0. The van der Waals surface area contributed by atoms with Crippen molar-refractivity contribution in [1.29, 1.82) is 0 Å². The van der Waals surface area contributed by atoms with Crippen LogP contribution in [0.25, 0.3) is 11.3 Å². The van der Waals surface area contributed by atoms with E-state index in [1.54, 1.807) is 17.8 Å². The van der Waals surface area contributed by atoms with Gasteiger partial charge in [0.15, 0.2) is 5.76 Å². The molecule has 134 valence electrons. The van der Waals surface area contributed by atoms with E-state index < -0.39 is 0 Å². The third-order valence-electron chi connectivity index (χ3n) is 4.70. The zero-order chi connectivity index (χ0) is 18.4. The number of amides is 1. The Balaban J connectivity index is 1.72. The maximum absolute atomic E-state index is 13.2. The second-order valence-electron chi connectivity index (χ2n) is 6.37. The molecule has 1 amide bonds. The van der Waals surface area contributed by atoms with Crippen molar-refractivity contribution < 1.29 is 13.6 Å². The number of halogens is 2. The molecule has 5 nitrogen and oxygen atoms in total. The molecule has 0 saturated carbocycles. The number of benzene rings is 1. The normalized spacial score (nSPS) is 12.6. The molecule has 0 unspecified atom stereocenters. The van der Waals surface area contributed by atoms with Gasteiger partial charge in [-0.2, -0.15) is 5.10 Å². The summed E-state index contributed by atoms with van der Waals surface area (Å²) in [6.07, 6.45) is 3.49. The lowest BCUT2D eigenvalue weighted by atomic mass is 9.93. The van der Waals surface area contributed by atoms with E-state index in [1.165, 1.54) is 12.1 Å². The van der Waals surface area contributed by atoms with Crippen molar-refractivity contribution in [2.75, 3.05) is 7.05 Å². The Morgan fingerprint density at radius 1 is 1.42 bits per heavy atom. The highest BCUT2D eigenvalue weighted by Gasteiger charge is 2.29. The lowest BCUT2D eigenvalue weighted by molar-refractivity contribution is 0.0933. The van der Waals surface area contributed by atoms with E-state index >= 15 is 0 Å². The van der Waals surface area contributed by atoms with Gasteiger partial charge in [0.2, 0.25) is 0 Å². The lowest BCUT2D eigenvalue weighted by Gasteiger charge is -2.09. The van der Waals surface area contributed by atoms with Crippen molar-refractivity contribution in [1.82, 2.24) is 15.1 Å². The van der Waals surface area contributed by atoms with E-state index in [1.807, 2.05) is 13.1 Å². The van der Waals surface area contributed by atoms with E-state index in [4.69, 9.17) is 16.0 Å². The first-order chi connectivity index (χ1) is 12.5. The number of nitrogens with zero attached hydrogens (tertiary/aromatic N) is 2. The maximum Gasteiger partial charge on any atom is 0.287 e. The fourth-order valence-electron chi connectivity index (χ4n) is 3.40. The Bertz CT molecular complexity index is 1020. The number of aromatic nitrogens is 2. The van der Waals surface area contributed by atoms with Crippen LogP contribution in [0.1, 0.15) is 33.0 Å². The summed E-state index contributed by atoms with van der Waals surface area (Å²) in [5, 5.41) is 7.66. The Hall–Kier alpha value is -2.60. The van der Waals surface area contributed by atoms with Crippen molar-refractivity contribution in [2.24, 2.45) is 0 Å². The molecular weight excluding hydrogens is 357 g/mol. The molecule has 2 heterocycles. The molecule has 0 atom stereocenters. The molecule has 1 aliphatic rings. The first-order valence-electron chi connectivity index (χ1n) is 8.33. The van der Waals surface area contributed by atoms with Crippen LogP contribution in [0, 0.1) is 12.7 Å². The molecule has 0 radical (unpaired) electrons. The predicted molar refractivity (Wildman–Crippen MR) is 96.0 cm³/mol. The Kier molecular flexibility index (Phi) is 4.07. The Morgan fingerprint density at radius 2 is 2.23 bits per heavy atom. The monoisotopic (exact) mass is 373 g/mol. The molecule has 1 aliphatic carbocycles. The summed E-state index contributed by atoms with van der Waals surface area (Å²) in [7, 11) is 1.58. The standard InChI is InChI=1S/C19H17ClFN3O2/c1-10-16-15(26-18(10)19(25)22-2)6-4-12-9-24(23-17(12)16)8-11-3-5-13(21)7-14(11)20/h3,5,7,9H,4,6,8H2,1-2H3,(H,22,25).